The quantitative estimate of drug-likeness (QED) is 0.897. The summed E-state index contributed by atoms with van der Waals surface area (Å²) in [5.41, 5.74) is 1.31. The van der Waals surface area contributed by atoms with Gasteiger partial charge in [0, 0.05) is 18.1 Å². The van der Waals surface area contributed by atoms with Crippen LogP contribution in [-0.4, -0.2) is 17.7 Å². The van der Waals surface area contributed by atoms with Crippen LogP contribution in [0.4, 0.5) is 0 Å². The standard InChI is InChI=1S/C14H14N2O3/c1-9-8-12(16-19-9)14(17)15-11-6-7-18-13-5-3-2-4-10(11)13/h2-5,8,11H,6-7H2,1H3,(H,15,17)/t11-/m0/s1. The summed E-state index contributed by atoms with van der Waals surface area (Å²) in [5.74, 6) is 1.23. The lowest BCUT2D eigenvalue weighted by atomic mass is 10.0. The maximum absolute atomic E-state index is 12.1. The molecule has 1 aliphatic heterocycles. The molecule has 0 radical (unpaired) electrons. The molecule has 0 spiro atoms. The Kier molecular flexibility index (Phi) is 2.95. The predicted molar refractivity (Wildman–Crippen MR) is 68.0 cm³/mol. The number of nitrogens with one attached hydrogen (secondary N) is 1. The van der Waals surface area contributed by atoms with Gasteiger partial charge in [0.25, 0.3) is 5.91 Å². The highest BCUT2D eigenvalue weighted by Crippen LogP contribution is 2.31. The molecule has 0 unspecified atom stereocenters. The fourth-order valence-electron chi connectivity index (χ4n) is 2.20. The van der Waals surface area contributed by atoms with E-state index in [-0.39, 0.29) is 11.9 Å². The van der Waals surface area contributed by atoms with Crippen molar-refractivity contribution in [3.05, 3.63) is 47.3 Å². The molecule has 3 rings (SSSR count). The van der Waals surface area contributed by atoms with Crippen LogP contribution in [0.2, 0.25) is 0 Å². The number of benzene rings is 1. The molecular weight excluding hydrogens is 244 g/mol. The van der Waals surface area contributed by atoms with Crippen molar-refractivity contribution in [1.82, 2.24) is 10.5 Å². The number of aromatic nitrogens is 1. The molecule has 0 bridgehead atoms. The van der Waals surface area contributed by atoms with Gasteiger partial charge in [-0.2, -0.15) is 0 Å². The first-order chi connectivity index (χ1) is 9.24. The van der Waals surface area contributed by atoms with Crippen LogP contribution in [0.15, 0.2) is 34.9 Å². The van der Waals surface area contributed by atoms with Gasteiger partial charge in [0.05, 0.1) is 12.6 Å². The minimum Gasteiger partial charge on any atom is -0.493 e. The monoisotopic (exact) mass is 258 g/mol. The number of fused-ring (bicyclic) bond motifs is 1. The highest BCUT2D eigenvalue weighted by Gasteiger charge is 2.24. The Morgan fingerprint density at radius 1 is 1.42 bits per heavy atom. The van der Waals surface area contributed by atoms with Crippen LogP contribution < -0.4 is 10.1 Å². The Morgan fingerprint density at radius 3 is 3.05 bits per heavy atom. The van der Waals surface area contributed by atoms with Crippen molar-refractivity contribution in [1.29, 1.82) is 0 Å². The van der Waals surface area contributed by atoms with Crippen LogP contribution in [0.3, 0.4) is 0 Å². The highest BCUT2D eigenvalue weighted by atomic mass is 16.5. The molecule has 19 heavy (non-hydrogen) atoms. The third-order valence-electron chi connectivity index (χ3n) is 3.12. The number of ether oxygens (including phenoxy) is 1. The zero-order valence-corrected chi connectivity index (χ0v) is 10.6. The van der Waals surface area contributed by atoms with Crippen LogP contribution in [0.25, 0.3) is 0 Å². The van der Waals surface area contributed by atoms with E-state index in [4.69, 9.17) is 9.26 Å². The number of rotatable bonds is 2. The van der Waals surface area contributed by atoms with Crippen LogP contribution in [0.1, 0.15) is 34.3 Å². The second kappa shape index (κ2) is 4.76. The van der Waals surface area contributed by atoms with E-state index in [2.05, 4.69) is 10.5 Å². The summed E-state index contributed by atoms with van der Waals surface area (Å²) in [4.78, 5) is 12.1. The van der Waals surface area contributed by atoms with Gasteiger partial charge in [0.2, 0.25) is 0 Å². The average molecular weight is 258 g/mol. The van der Waals surface area contributed by atoms with Crippen molar-refractivity contribution in [2.24, 2.45) is 0 Å². The number of para-hydroxylation sites is 1. The van der Waals surface area contributed by atoms with E-state index < -0.39 is 0 Å². The molecule has 0 aliphatic carbocycles. The summed E-state index contributed by atoms with van der Waals surface area (Å²) in [7, 11) is 0. The molecule has 2 aromatic rings. The molecule has 1 aromatic heterocycles. The van der Waals surface area contributed by atoms with Crippen molar-refractivity contribution >= 4 is 5.91 Å². The summed E-state index contributed by atoms with van der Waals surface area (Å²) in [6.45, 7) is 2.35. The number of hydrogen-bond donors (Lipinski definition) is 1. The number of carbonyl (C=O) groups is 1. The average Bonchev–Trinajstić information content (AvgIpc) is 2.86. The molecule has 5 heteroatoms. The molecular formula is C14H14N2O3. The highest BCUT2D eigenvalue weighted by molar-refractivity contribution is 5.92. The number of hydrogen-bond acceptors (Lipinski definition) is 4. The fourth-order valence-corrected chi connectivity index (χ4v) is 2.20. The largest absolute Gasteiger partial charge is 0.493 e. The van der Waals surface area contributed by atoms with Crippen molar-refractivity contribution < 1.29 is 14.1 Å². The van der Waals surface area contributed by atoms with Crippen LogP contribution in [0, 0.1) is 6.92 Å². The minimum absolute atomic E-state index is 0.0468. The number of nitrogens with zero attached hydrogens (tertiary/aromatic N) is 1. The molecule has 0 saturated heterocycles. The number of carbonyl (C=O) groups excluding carboxylic acids is 1. The Morgan fingerprint density at radius 2 is 2.26 bits per heavy atom. The summed E-state index contributed by atoms with van der Waals surface area (Å²) in [6.07, 6.45) is 0.750. The van der Waals surface area contributed by atoms with E-state index in [1.54, 1.807) is 13.0 Å². The van der Waals surface area contributed by atoms with E-state index in [9.17, 15) is 4.79 Å². The molecule has 1 atom stereocenters. The van der Waals surface area contributed by atoms with Gasteiger partial charge in [-0.25, -0.2) is 0 Å². The Hall–Kier alpha value is -2.30. The van der Waals surface area contributed by atoms with Gasteiger partial charge in [-0.15, -0.1) is 0 Å². The van der Waals surface area contributed by atoms with Crippen molar-refractivity contribution in [3.63, 3.8) is 0 Å². The normalized spacial score (nSPS) is 17.4. The van der Waals surface area contributed by atoms with Gasteiger partial charge in [0.15, 0.2) is 5.69 Å². The second-order valence-corrected chi connectivity index (χ2v) is 4.52. The third kappa shape index (κ3) is 2.31. The Bertz CT molecular complexity index is 606. The van der Waals surface area contributed by atoms with Gasteiger partial charge in [-0.1, -0.05) is 23.4 Å². The zero-order chi connectivity index (χ0) is 13.2. The molecule has 5 nitrogen and oxygen atoms in total. The molecule has 2 heterocycles. The van der Waals surface area contributed by atoms with Gasteiger partial charge >= 0.3 is 0 Å². The van der Waals surface area contributed by atoms with Crippen LogP contribution in [0.5, 0.6) is 5.75 Å². The van der Waals surface area contributed by atoms with Crippen molar-refractivity contribution in [3.8, 4) is 5.75 Å². The second-order valence-electron chi connectivity index (χ2n) is 4.52. The maximum atomic E-state index is 12.1. The molecule has 0 fully saturated rings. The van der Waals surface area contributed by atoms with Crippen molar-refractivity contribution in [2.45, 2.75) is 19.4 Å². The topological polar surface area (TPSA) is 64.4 Å². The lowest BCUT2D eigenvalue weighted by Gasteiger charge is -2.26. The summed E-state index contributed by atoms with van der Waals surface area (Å²) in [5, 5.41) is 6.68. The van der Waals surface area contributed by atoms with Gasteiger partial charge in [0.1, 0.15) is 11.5 Å². The number of amides is 1. The lowest BCUT2D eigenvalue weighted by molar-refractivity contribution is 0.0915. The molecule has 98 valence electrons. The SMILES string of the molecule is Cc1cc(C(=O)N[C@H]2CCOc3ccccc32)no1. The van der Waals surface area contributed by atoms with E-state index in [1.807, 2.05) is 24.3 Å². The van der Waals surface area contributed by atoms with Gasteiger partial charge in [-0.3, -0.25) is 4.79 Å². The smallest absolute Gasteiger partial charge is 0.273 e. The first-order valence-electron chi connectivity index (χ1n) is 6.20. The minimum atomic E-state index is -0.224. The van der Waals surface area contributed by atoms with Gasteiger partial charge in [-0.05, 0) is 13.0 Å². The lowest BCUT2D eigenvalue weighted by Crippen LogP contribution is -2.32. The Labute approximate surface area is 110 Å². The summed E-state index contributed by atoms with van der Waals surface area (Å²) < 4.78 is 10.5. The third-order valence-corrected chi connectivity index (χ3v) is 3.12. The van der Waals surface area contributed by atoms with Gasteiger partial charge < -0.3 is 14.6 Å². The first-order valence-corrected chi connectivity index (χ1v) is 6.20. The van der Waals surface area contributed by atoms with E-state index >= 15 is 0 Å². The predicted octanol–water partition coefficient (Wildman–Crippen LogP) is 2.24. The van der Waals surface area contributed by atoms with Crippen LogP contribution in [-0.2, 0) is 0 Å². The Balaban J connectivity index is 1.79. The molecule has 1 N–H and O–H groups in total. The fraction of sp³-hybridized carbons (Fsp3) is 0.286. The summed E-state index contributed by atoms with van der Waals surface area (Å²) >= 11 is 0. The molecule has 1 amide bonds. The zero-order valence-electron chi connectivity index (χ0n) is 10.6. The molecule has 0 saturated carbocycles. The summed E-state index contributed by atoms with van der Waals surface area (Å²) in [6, 6.07) is 9.31. The van der Waals surface area contributed by atoms with Crippen LogP contribution >= 0.6 is 0 Å². The molecule has 1 aromatic carbocycles. The van der Waals surface area contributed by atoms with E-state index in [0.717, 1.165) is 17.7 Å². The van der Waals surface area contributed by atoms with E-state index in [0.29, 0.717) is 18.1 Å². The maximum Gasteiger partial charge on any atom is 0.273 e. The molecule has 1 aliphatic rings. The van der Waals surface area contributed by atoms with E-state index in [1.165, 1.54) is 0 Å². The number of aryl methyl sites for hydroxylation is 1. The van der Waals surface area contributed by atoms with Crippen molar-refractivity contribution in [2.75, 3.05) is 6.61 Å². The first kappa shape index (κ1) is 11.8.